The van der Waals surface area contributed by atoms with E-state index in [1.807, 2.05) is 0 Å². The molecule has 1 amide bonds. The lowest BCUT2D eigenvalue weighted by molar-refractivity contribution is -0.137. The predicted molar refractivity (Wildman–Crippen MR) is 135 cm³/mol. The summed E-state index contributed by atoms with van der Waals surface area (Å²) in [5.41, 5.74) is -4.22. The van der Waals surface area contributed by atoms with E-state index in [-0.39, 0.29) is 27.1 Å². The van der Waals surface area contributed by atoms with Gasteiger partial charge in [-0.1, -0.05) is 0 Å². The number of rotatable bonds is 3. The highest BCUT2D eigenvalue weighted by Crippen LogP contribution is 2.49. The Kier molecular flexibility index (Phi) is 5.83. The van der Waals surface area contributed by atoms with Crippen LogP contribution in [0.5, 0.6) is 5.75 Å². The number of aliphatic hydroxyl groups is 1. The first-order valence-electron chi connectivity index (χ1n) is 11.7. The molecule has 1 saturated carbocycles. The molecule has 2 fully saturated rings. The Balaban J connectivity index is 1.59. The maximum Gasteiger partial charge on any atom is 0.417 e. The van der Waals surface area contributed by atoms with Crippen LogP contribution >= 0.6 is 12.2 Å². The number of halogens is 3. The molecule has 1 saturated heterocycles. The summed E-state index contributed by atoms with van der Waals surface area (Å²) in [6.45, 7) is 2.90. The quantitative estimate of drug-likeness (QED) is 0.558. The second-order valence-electron chi connectivity index (χ2n) is 10.2. The highest BCUT2D eigenvalue weighted by atomic mass is 32.2. The third-order valence-corrected chi connectivity index (χ3v) is 9.32. The van der Waals surface area contributed by atoms with Crippen LogP contribution in [0.15, 0.2) is 41.3 Å². The number of thiocarbonyl (C=S) groups is 1. The molecule has 0 bridgehead atoms. The normalized spacial score (nSPS) is 22.1. The van der Waals surface area contributed by atoms with Gasteiger partial charge in [-0.25, -0.2) is 8.42 Å². The van der Waals surface area contributed by atoms with Gasteiger partial charge >= 0.3 is 6.18 Å². The van der Waals surface area contributed by atoms with E-state index < -0.39 is 56.0 Å². The number of sulfone groups is 1. The van der Waals surface area contributed by atoms with Gasteiger partial charge in [0.2, 0.25) is 0 Å². The van der Waals surface area contributed by atoms with Crippen molar-refractivity contribution in [1.82, 2.24) is 0 Å². The Labute approximate surface area is 222 Å². The van der Waals surface area contributed by atoms with E-state index in [0.717, 1.165) is 17.0 Å². The molecule has 200 valence electrons. The Morgan fingerprint density at radius 2 is 1.82 bits per heavy atom. The molecule has 2 heterocycles. The van der Waals surface area contributed by atoms with E-state index in [4.69, 9.17) is 22.2 Å². The van der Waals surface area contributed by atoms with E-state index in [2.05, 4.69) is 0 Å². The zero-order valence-corrected chi connectivity index (χ0v) is 21.9. The summed E-state index contributed by atoms with van der Waals surface area (Å²) in [7, 11) is -3.89. The Hall–Kier alpha value is -3.21. The first-order valence-corrected chi connectivity index (χ1v) is 13.7. The number of anilines is 2. The van der Waals surface area contributed by atoms with E-state index in [1.165, 1.54) is 49.1 Å². The summed E-state index contributed by atoms with van der Waals surface area (Å²) in [5.74, 6) is -0.936. The van der Waals surface area contributed by atoms with E-state index in [0.29, 0.717) is 19.3 Å². The molecular weight excluding hydrogens is 543 g/mol. The molecule has 2 aromatic carbocycles. The summed E-state index contributed by atoms with van der Waals surface area (Å²) in [6.07, 6.45) is -4.42. The summed E-state index contributed by atoms with van der Waals surface area (Å²) < 4.78 is 72.8. The van der Waals surface area contributed by atoms with Crippen LogP contribution in [0.25, 0.3) is 0 Å². The molecule has 2 aliphatic heterocycles. The predicted octanol–water partition coefficient (Wildman–Crippen LogP) is 3.94. The summed E-state index contributed by atoms with van der Waals surface area (Å²) in [4.78, 5) is 16.1. The average Bonchev–Trinajstić information content (AvgIpc) is 3.03. The molecule has 1 atom stereocenters. The van der Waals surface area contributed by atoms with Gasteiger partial charge in [-0.2, -0.15) is 18.4 Å². The summed E-state index contributed by atoms with van der Waals surface area (Å²) >= 11 is 5.60. The molecule has 0 aromatic heterocycles. The van der Waals surface area contributed by atoms with Crippen molar-refractivity contribution in [3.63, 3.8) is 0 Å². The number of carbonyl (C=O) groups excluding carboxylic acids is 1. The van der Waals surface area contributed by atoms with Crippen LogP contribution in [0.2, 0.25) is 0 Å². The number of carbonyl (C=O) groups is 1. The van der Waals surface area contributed by atoms with Gasteiger partial charge in [-0.3, -0.25) is 9.69 Å². The van der Waals surface area contributed by atoms with E-state index in [1.54, 1.807) is 0 Å². The van der Waals surface area contributed by atoms with Gasteiger partial charge in [-0.05, 0) is 81.7 Å². The van der Waals surface area contributed by atoms with Crippen LogP contribution in [-0.4, -0.2) is 47.5 Å². The van der Waals surface area contributed by atoms with Gasteiger partial charge in [0.05, 0.1) is 34.2 Å². The fourth-order valence-corrected chi connectivity index (χ4v) is 7.26. The lowest BCUT2D eigenvalue weighted by atomic mass is 9.75. The van der Waals surface area contributed by atoms with Crippen molar-refractivity contribution in [2.75, 3.05) is 15.6 Å². The number of ether oxygens (including phenoxy) is 1. The zero-order valence-electron chi connectivity index (χ0n) is 20.2. The monoisotopic (exact) mass is 565 g/mol. The molecular formula is C25H22F3N3O5S2. The van der Waals surface area contributed by atoms with Crippen molar-refractivity contribution in [1.29, 1.82) is 5.26 Å². The van der Waals surface area contributed by atoms with Crippen LogP contribution < -0.4 is 14.5 Å². The number of nitriles is 1. The zero-order chi connectivity index (χ0) is 27.8. The average molecular weight is 566 g/mol. The van der Waals surface area contributed by atoms with E-state index >= 15 is 0 Å². The van der Waals surface area contributed by atoms with Crippen molar-refractivity contribution in [2.45, 2.75) is 61.4 Å². The Morgan fingerprint density at radius 1 is 1.16 bits per heavy atom. The molecule has 3 aliphatic rings. The topological polar surface area (TPSA) is 111 Å². The van der Waals surface area contributed by atoms with Gasteiger partial charge in [0.25, 0.3) is 5.91 Å². The van der Waals surface area contributed by atoms with Crippen molar-refractivity contribution >= 4 is 44.4 Å². The van der Waals surface area contributed by atoms with Crippen LogP contribution in [0.1, 0.15) is 44.2 Å². The van der Waals surface area contributed by atoms with Crippen LogP contribution in [0.3, 0.4) is 0 Å². The lowest BCUT2D eigenvalue weighted by Crippen LogP contribution is -2.55. The van der Waals surface area contributed by atoms with Gasteiger partial charge in [-0.15, -0.1) is 0 Å². The lowest BCUT2D eigenvalue weighted by Gasteiger charge is -2.43. The fraction of sp³-hybridized carbons (Fsp3) is 0.400. The van der Waals surface area contributed by atoms with Crippen LogP contribution in [0, 0.1) is 11.3 Å². The minimum Gasteiger partial charge on any atom is -0.485 e. The maximum absolute atomic E-state index is 13.7. The largest absolute Gasteiger partial charge is 0.485 e. The first-order chi connectivity index (χ1) is 17.6. The number of amides is 1. The molecule has 1 aliphatic carbocycles. The molecule has 1 N–H and O–H groups in total. The number of hydrogen-bond acceptors (Lipinski definition) is 7. The smallest absolute Gasteiger partial charge is 0.417 e. The van der Waals surface area contributed by atoms with Gasteiger partial charge in [0.15, 0.2) is 14.9 Å². The summed E-state index contributed by atoms with van der Waals surface area (Å²) in [6, 6.07) is 8.76. The second kappa shape index (κ2) is 8.39. The van der Waals surface area contributed by atoms with Gasteiger partial charge in [0.1, 0.15) is 22.3 Å². The highest BCUT2D eigenvalue weighted by Gasteiger charge is 2.60. The third-order valence-electron chi connectivity index (χ3n) is 7.23. The molecule has 38 heavy (non-hydrogen) atoms. The standard InChI is InChI=1S/C25H22F3N3O5S2/c1-23(2,33)20-13-38(34,35)19-11-16(6-7-18(19)36-20)31-22(37)30(21(32)24(31)8-3-9-24)15-5-4-14(12-29)17(10-15)25(26,27)28/h4-7,10-11,20,33H,3,8-9,13H2,1-2H3. The van der Waals surface area contributed by atoms with Crippen molar-refractivity contribution < 1.29 is 36.2 Å². The van der Waals surface area contributed by atoms with Gasteiger partial charge < -0.3 is 14.7 Å². The number of hydrogen-bond donors (Lipinski definition) is 1. The molecule has 1 unspecified atom stereocenters. The van der Waals surface area contributed by atoms with Crippen LogP contribution in [-0.2, 0) is 20.8 Å². The Morgan fingerprint density at radius 3 is 2.37 bits per heavy atom. The van der Waals surface area contributed by atoms with Crippen molar-refractivity contribution in [2.24, 2.45) is 0 Å². The molecule has 13 heteroatoms. The van der Waals surface area contributed by atoms with E-state index in [9.17, 15) is 31.5 Å². The fourth-order valence-electron chi connectivity index (χ4n) is 5.01. The second-order valence-corrected chi connectivity index (χ2v) is 12.5. The SMILES string of the molecule is CC(C)(O)C1CS(=O)(=O)c2cc(N3C(=S)N(c4ccc(C#N)c(C(F)(F)F)c4)C(=O)C34CCC4)ccc2O1. The maximum atomic E-state index is 13.7. The number of nitrogens with zero attached hydrogens (tertiary/aromatic N) is 3. The highest BCUT2D eigenvalue weighted by molar-refractivity contribution is 7.91. The van der Waals surface area contributed by atoms with Crippen molar-refractivity contribution in [3.8, 4) is 11.8 Å². The van der Waals surface area contributed by atoms with Crippen molar-refractivity contribution in [3.05, 3.63) is 47.5 Å². The molecule has 5 rings (SSSR count). The molecule has 8 nitrogen and oxygen atoms in total. The summed E-state index contributed by atoms with van der Waals surface area (Å²) in [5, 5.41) is 19.3. The van der Waals surface area contributed by atoms with Gasteiger partial charge in [0, 0.05) is 5.69 Å². The first kappa shape index (κ1) is 26.4. The molecule has 1 spiro atoms. The molecule has 0 radical (unpaired) electrons. The minimum absolute atomic E-state index is 0.0463. The minimum atomic E-state index is -4.83. The third kappa shape index (κ3) is 3.93. The Bertz CT molecular complexity index is 1520. The number of alkyl halides is 3. The number of fused-ring (bicyclic) bond motifs is 1. The number of benzene rings is 2. The molecule has 2 aromatic rings. The van der Waals surface area contributed by atoms with Crippen LogP contribution in [0.4, 0.5) is 24.5 Å².